The van der Waals surface area contributed by atoms with E-state index in [1.54, 1.807) is 0 Å². The van der Waals surface area contributed by atoms with E-state index in [9.17, 15) is 4.79 Å². The highest BCUT2D eigenvalue weighted by molar-refractivity contribution is 7.10. The van der Waals surface area contributed by atoms with E-state index in [-0.39, 0.29) is 17.4 Å². The summed E-state index contributed by atoms with van der Waals surface area (Å²) in [5.74, 6) is 0.271. The van der Waals surface area contributed by atoms with Gasteiger partial charge in [-0.15, -0.1) is 11.3 Å². The number of amides is 1. The van der Waals surface area contributed by atoms with Gasteiger partial charge in [0.15, 0.2) is 0 Å². The molecule has 2 aliphatic heterocycles. The first-order valence-corrected chi connectivity index (χ1v) is 8.68. The number of hydrogen-bond acceptors (Lipinski definition) is 4. The lowest BCUT2D eigenvalue weighted by Crippen LogP contribution is -2.48. The Bertz CT molecular complexity index is 529. The van der Waals surface area contributed by atoms with Crippen molar-refractivity contribution in [3.8, 4) is 0 Å². The fourth-order valence-electron chi connectivity index (χ4n) is 3.42. The molecule has 0 aliphatic carbocycles. The summed E-state index contributed by atoms with van der Waals surface area (Å²) in [5, 5.41) is 2.13. The van der Waals surface area contributed by atoms with E-state index in [1.807, 2.05) is 23.2 Å². The molecule has 2 aliphatic rings. The third-order valence-electron chi connectivity index (χ3n) is 5.10. The van der Waals surface area contributed by atoms with Crippen LogP contribution < -0.4 is 5.73 Å². The molecule has 1 aromatic heterocycles. The summed E-state index contributed by atoms with van der Waals surface area (Å²) in [6, 6.07) is 2.13. The van der Waals surface area contributed by atoms with Crippen LogP contribution in [0.4, 0.5) is 0 Å². The Hall–Kier alpha value is -0.910. The zero-order valence-corrected chi connectivity index (χ0v) is 13.8. The van der Waals surface area contributed by atoms with Gasteiger partial charge in [-0.25, -0.2) is 0 Å². The van der Waals surface area contributed by atoms with Crippen molar-refractivity contribution < 1.29 is 4.79 Å². The Balaban J connectivity index is 1.64. The highest BCUT2D eigenvalue weighted by atomic mass is 32.1. The number of nitrogens with zero attached hydrogens (tertiary/aromatic N) is 2. The lowest BCUT2D eigenvalue weighted by atomic mass is 9.90. The van der Waals surface area contributed by atoms with E-state index < -0.39 is 0 Å². The van der Waals surface area contributed by atoms with Crippen molar-refractivity contribution in [2.24, 2.45) is 11.1 Å². The summed E-state index contributed by atoms with van der Waals surface area (Å²) in [6.45, 7) is 8.54. The third-order valence-corrected chi connectivity index (χ3v) is 6.13. The number of carbonyl (C=O) groups excluding carboxylic acids is 1. The Morgan fingerprint density at radius 1 is 1.52 bits per heavy atom. The quantitative estimate of drug-likeness (QED) is 0.924. The molecular weight excluding hydrogens is 282 g/mol. The second-order valence-corrected chi connectivity index (χ2v) is 7.79. The largest absolute Gasteiger partial charge is 0.337 e. The van der Waals surface area contributed by atoms with E-state index in [0.29, 0.717) is 6.54 Å². The number of rotatable bonds is 3. The fourth-order valence-corrected chi connectivity index (χ4v) is 4.31. The van der Waals surface area contributed by atoms with E-state index >= 15 is 0 Å². The third kappa shape index (κ3) is 2.87. The molecule has 4 nitrogen and oxygen atoms in total. The maximum Gasteiger partial charge on any atom is 0.239 e. The van der Waals surface area contributed by atoms with Crippen LogP contribution in [0.15, 0.2) is 11.4 Å². The first-order valence-electron chi connectivity index (χ1n) is 7.80. The second kappa shape index (κ2) is 5.71. The van der Waals surface area contributed by atoms with Crippen molar-refractivity contribution in [1.82, 2.24) is 9.80 Å². The van der Waals surface area contributed by atoms with Gasteiger partial charge in [0.05, 0.1) is 6.04 Å². The minimum Gasteiger partial charge on any atom is -0.337 e. The highest BCUT2D eigenvalue weighted by Crippen LogP contribution is 2.31. The number of fused-ring (bicyclic) bond motifs is 1. The zero-order valence-electron chi connectivity index (χ0n) is 13.0. The van der Waals surface area contributed by atoms with Gasteiger partial charge < -0.3 is 10.6 Å². The van der Waals surface area contributed by atoms with Gasteiger partial charge in [-0.05, 0) is 55.3 Å². The second-order valence-electron chi connectivity index (χ2n) is 6.79. The van der Waals surface area contributed by atoms with Crippen molar-refractivity contribution in [3.05, 3.63) is 21.9 Å². The van der Waals surface area contributed by atoms with Crippen LogP contribution in [-0.2, 0) is 17.8 Å². The van der Waals surface area contributed by atoms with Gasteiger partial charge in [-0.3, -0.25) is 9.69 Å². The van der Waals surface area contributed by atoms with Crippen LogP contribution in [0.5, 0.6) is 0 Å². The Morgan fingerprint density at radius 3 is 3.05 bits per heavy atom. The SMILES string of the molecule is CC(C(=O)N1CCc2sccc2C1)N1CCC(C)(CN)C1. The van der Waals surface area contributed by atoms with Gasteiger partial charge in [-0.1, -0.05) is 6.92 Å². The molecule has 1 saturated heterocycles. The monoisotopic (exact) mass is 307 g/mol. The lowest BCUT2D eigenvalue weighted by molar-refractivity contribution is -0.137. The first kappa shape index (κ1) is 15.0. The zero-order chi connectivity index (χ0) is 15.0. The van der Waals surface area contributed by atoms with Crippen molar-refractivity contribution in [2.45, 2.75) is 39.3 Å². The number of nitrogens with two attached hydrogens (primary N) is 1. The fraction of sp³-hybridized carbons (Fsp3) is 0.688. The Labute approximate surface area is 130 Å². The summed E-state index contributed by atoms with van der Waals surface area (Å²) in [6.07, 6.45) is 2.10. The number of likely N-dealkylation sites (tertiary alicyclic amines) is 1. The molecule has 2 atom stereocenters. The van der Waals surface area contributed by atoms with E-state index in [1.165, 1.54) is 10.4 Å². The topological polar surface area (TPSA) is 49.6 Å². The Morgan fingerprint density at radius 2 is 2.33 bits per heavy atom. The maximum atomic E-state index is 12.8. The minimum absolute atomic E-state index is 0.0291. The number of thiophene rings is 1. The molecule has 1 amide bonds. The molecule has 0 bridgehead atoms. The van der Waals surface area contributed by atoms with Gasteiger partial charge >= 0.3 is 0 Å². The van der Waals surface area contributed by atoms with Crippen molar-refractivity contribution in [1.29, 1.82) is 0 Å². The molecule has 21 heavy (non-hydrogen) atoms. The summed E-state index contributed by atoms with van der Waals surface area (Å²) in [4.78, 5) is 18.5. The molecule has 5 heteroatoms. The van der Waals surface area contributed by atoms with E-state index in [0.717, 1.165) is 39.0 Å². The van der Waals surface area contributed by atoms with Crippen molar-refractivity contribution in [2.75, 3.05) is 26.2 Å². The number of hydrogen-bond donors (Lipinski definition) is 1. The molecule has 3 rings (SSSR count). The standard InChI is InChI=1S/C16H25N3OS/c1-12(19-7-5-16(2,10-17)11-19)15(20)18-6-3-14-13(9-18)4-8-21-14/h4,8,12H,3,5-7,9-11,17H2,1-2H3. The minimum atomic E-state index is -0.0291. The van der Waals surface area contributed by atoms with Gasteiger partial charge in [-0.2, -0.15) is 0 Å². The molecule has 0 spiro atoms. The molecule has 3 heterocycles. The van der Waals surface area contributed by atoms with Crippen molar-refractivity contribution >= 4 is 17.2 Å². The molecule has 2 N–H and O–H groups in total. The van der Waals surface area contributed by atoms with Gasteiger partial charge in [0.1, 0.15) is 0 Å². The summed E-state index contributed by atoms with van der Waals surface area (Å²) in [7, 11) is 0. The highest BCUT2D eigenvalue weighted by Gasteiger charge is 2.38. The smallest absolute Gasteiger partial charge is 0.239 e. The van der Waals surface area contributed by atoms with Crippen LogP contribution in [0.25, 0.3) is 0 Å². The molecule has 0 radical (unpaired) electrons. The van der Waals surface area contributed by atoms with E-state index in [2.05, 4.69) is 23.3 Å². The Kier molecular flexibility index (Phi) is 4.08. The molecule has 1 fully saturated rings. The molecule has 1 aromatic rings. The van der Waals surface area contributed by atoms with Crippen LogP contribution in [0.2, 0.25) is 0 Å². The van der Waals surface area contributed by atoms with Crippen LogP contribution in [0, 0.1) is 5.41 Å². The number of carbonyl (C=O) groups is 1. The molecule has 2 unspecified atom stereocenters. The summed E-state index contributed by atoms with van der Waals surface area (Å²) < 4.78 is 0. The van der Waals surface area contributed by atoms with E-state index in [4.69, 9.17) is 5.73 Å². The normalized spacial score (nSPS) is 27.7. The first-order chi connectivity index (χ1) is 10.0. The van der Waals surface area contributed by atoms with Crippen LogP contribution in [0.1, 0.15) is 30.7 Å². The molecule has 116 valence electrons. The van der Waals surface area contributed by atoms with Crippen molar-refractivity contribution in [3.63, 3.8) is 0 Å². The average molecular weight is 307 g/mol. The average Bonchev–Trinajstić information content (AvgIpc) is 3.12. The lowest BCUT2D eigenvalue weighted by Gasteiger charge is -2.33. The van der Waals surface area contributed by atoms with Crippen LogP contribution in [0.3, 0.4) is 0 Å². The predicted molar refractivity (Wildman–Crippen MR) is 86.3 cm³/mol. The summed E-state index contributed by atoms with van der Waals surface area (Å²) in [5.41, 5.74) is 7.38. The van der Waals surface area contributed by atoms with Gasteiger partial charge in [0.2, 0.25) is 5.91 Å². The predicted octanol–water partition coefficient (Wildman–Crippen LogP) is 1.69. The van der Waals surface area contributed by atoms with Gasteiger partial charge in [0, 0.05) is 24.5 Å². The summed E-state index contributed by atoms with van der Waals surface area (Å²) >= 11 is 1.81. The van der Waals surface area contributed by atoms with Crippen LogP contribution in [-0.4, -0.2) is 47.9 Å². The maximum absolute atomic E-state index is 12.8. The molecular formula is C16H25N3OS. The van der Waals surface area contributed by atoms with Gasteiger partial charge in [0.25, 0.3) is 0 Å². The van der Waals surface area contributed by atoms with Crippen LogP contribution >= 0.6 is 11.3 Å². The molecule has 0 saturated carbocycles. The molecule has 0 aromatic carbocycles.